The third kappa shape index (κ3) is 3.71. The third-order valence-corrected chi connectivity index (χ3v) is 3.13. The fourth-order valence-corrected chi connectivity index (χ4v) is 2.01. The second kappa shape index (κ2) is 6.08. The summed E-state index contributed by atoms with van der Waals surface area (Å²) >= 11 is 8.99. The molecule has 1 aromatic carbocycles. The number of rotatable bonds is 4. The van der Waals surface area contributed by atoms with E-state index in [0.717, 1.165) is 4.47 Å². The van der Waals surface area contributed by atoms with Crippen molar-refractivity contribution in [1.29, 1.82) is 0 Å². The highest BCUT2D eigenvalue weighted by Gasteiger charge is 2.02. The molecule has 19 heavy (non-hydrogen) atoms. The molecule has 0 saturated heterocycles. The zero-order chi connectivity index (χ0) is 13.8. The van der Waals surface area contributed by atoms with Gasteiger partial charge < -0.3 is 4.74 Å². The van der Waals surface area contributed by atoms with E-state index in [1.807, 2.05) is 24.3 Å². The van der Waals surface area contributed by atoms with Crippen molar-refractivity contribution >= 4 is 27.5 Å². The predicted molar refractivity (Wildman–Crippen MR) is 76.0 cm³/mol. The molecule has 0 unspecified atom stereocenters. The van der Waals surface area contributed by atoms with Crippen LogP contribution in [0.3, 0.4) is 0 Å². The van der Waals surface area contributed by atoms with Gasteiger partial charge in [-0.25, -0.2) is 4.79 Å². The number of hydrogen-bond acceptors (Lipinski definition) is 3. The number of H-pyrrole nitrogens is 1. The van der Waals surface area contributed by atoms with Crippen molar-refractivity contribution in [2.24, 2.45) is 0 Å². The average molecular weight is 346 g/mol. The van der Waals surface area contributed by atoms with Gasteiger partial charge in [-0.3, -0.25) is 14.3 Å². The smallest absolute Gasteiger partial charge is 0.328 e. The van der Waals surface area contributed by atoms with Gasteiger partial charge in [0.15, 0.2) is 0 Å². The van der Waals surface area contributed by atoms with Crippen molar-refractivity contribution in [3.05, 3.63) is 60.8 Å². The fraction of sp³-hybridized carbons (Fsp3) is 0.167. The van der Waals surface area contributed by atoms with Gasteiger partial charge in [-0.2, -0.15) is 0 Å². The number of nitrogens with zero attached hydrogens (tertiary/aromatic N) is 1. The Bertz CT molecular complexity index is 696. The molecule has 7 heteroatoms. The van der Waals surface area contributed by atoms with Crippen LogP contribution in [-0.4, -0.2) is 16.2 Å². The molecule has 0 spiro atoms. The van der Waals surface area contributed by atoms with Crippen LogP contribution in [0.1, 0.15) is 0 Å². The standard InChI is InChI=1S/C12H10BrClN2O3/c13-8-2-1-3-9(6-8)19-5-4-16-7-10(14)11(17)15-12(16)18/h1-3,6-7H,4-5H2,(H,15,17,18). The van der Waals surface area contributed by atoms with E-state index >= 15 is 0 Å². The summed E-state index contributed by atoms with van der Waals surface area (Å²) in [7, 11) is 0. The van der Waals surface area contributed by atoms with Gasteiger partial charge in [-0.1, -0.05) is 33.6 Å². The highest BCUT2D eigenvalue weighted by atomic mass is 79.9. The number of aromatic amines is 1. The number of aromatic nitrogens is 2. The van der Waals surface area contributed by atoms with Crippen molar-refractivity contribution in [2.45, 2.75) is 6.54 Å². The molecular formula is C12H10BrClN2O3. The molecule has 2 aromatic rings. The van der Waals surface area contributed by atoms with Gasteiger partial charge in [0.05, 0.1) is 6.54 Å². The maximum atomic E-state index is 11.5. The summed E-state index contributed by atoms with van der Waals surface area (Å²) in [4.78, 5) is 24.7. The van der Waals surface area contributed by atoms with Crippen LogP contribution in [0.4, 0.5) is 0 Å². The lowest BCUT2D eigenvalue weighted by Gasteiger charge is -2.08. The maximum Gasteiger partial charge on any atom is 0.328 e. The molecule has 100 valence electrons. The lowest BCUT2D eigenvalue weighted by Crippen LogP contribution is -2.31. The Kier molecular flexibility index (Phi) is 4.44. The monoisotopic (exact) mass is 344 g/mol. The van der Waals surface area contributed by atoms with E-state index in [1.54, 1.807) is 0 Å². The van der Waals surface area contributed by atoms with Crippen molar-refractivity contribution in [2.75, 3.05) is 6.61 Å². The molecule has 5 nitrogen and oxygen atoms in total. The molecule has 0 atom stereocenters. The zero-order valence-corrected chi connectivity index (χ0v) is 12.1. The highest BCUT2D eigenvalue weighted by Crippen LogP contribution is 2.17. The minimum atomic E-state index is -0.587. The lowest BCUT2D eigenvalue weighted by molar-refractivity contribution is 0.295. The van der Waals surface area contributed by atoms with Gasteiger partial charge in [0.25, 0.3) is 5.56 Å². The second-order valence-electron chi connectivity index (χ2n) is 3.74. The maximum absolute atomic E-state index is 11.5. The third-order valence-electron chi connectivity index (χ3n) is 2.36. The molecule has 0 aliphatic carbocycles. The molecule has 0 amide bonds. The van der Waals surface area contributed by atoms with Crippen molar-refractivity contribution < 1.29 is 4.74 Å². The SMILES string of the molecule is O=c1[nH]c(=O)n(CCOc2cccc(Br)c2)cc1Cl. The minimum absolute atomic E-state index is 0.0259. The van der Waals surface area contributed by atoms with Crippen LogP contribution in [0, 0.1) is 0 Å². The van der Waals surface area contributed by atoms with Gasteiger partial charge in [-0.05, 0) is 18.2 Å². The lowest BCUT2D eigenvalue weighted by atomic mass is 10.3. The summed E-state index contributed by atoms with van der Waals surface area (Å²) in [5.41, 5.74) is -1.09. The van der Waals surface area contributed by atoms with Gasteiger partial charge in [-0.15, -0.1) is 0 Å². The molecule has 1 heterocycles. The Morgan fingerprint density at radius 3 is 2.89 bits per heavy atom. The molecular weight excluding hydrogens is 336 g/mol. The van der Waals surface area contributed by atoms with Gasteiger partial charge in [0.1, 0.15) is 17.4 Å². The van der Waals surface area contributed by atoms with E-state index in [0.29, 0.717) is 18.9 Å². The quantitative estimate of drug-likeness (QED) is 0.922. The Labute approximate surface area is 121 Å². The molecule has 1 aromatic heterocycles. The number of benzene rings is 1. The van der Waals surface area contributed by atoms with E-state index in [-0.39, 0.29) is 5.02 Å². The predicted octanol–water partition coefficient (Wildman–Crippen LogP) is 2.03. The van der Waals surface area contributed by atoms with Crippen LogP contribution in [-0.2, 0) is 6.54 Å². The van der Waals surface area contributed by atoms with E-state index in [4.69, 9.17) is 16.3 Å². The first-order valence-corrected chi connectivity index (χ1v) is 6.61. The number of ether oxygens (including phenoxy) is 1. The summed E-state index contributed by atoms with van der Waals surface area (Å²) in [6.07, 6.45) is 1.30. The van der Waals surface area contributed by atoms with Crippen LogP contribution >= 0.6 is 27.5 Å². The van der Waals surface area contributed by atoms with Crippen LogP contribution in [0.15, 0.2) is 44.5 Å². The molecule has 0 fully saturated rings. The van der Waals surface area contributed by atoms with E-state index in [1.165, 1.54) is 10.8 Å². The minimum Gasteiger partial charge on any atom is -0.492 e. The summed E-state index contributed by atoms with van der Waals surface area (Å²) < 4.78 is 7.70. The van der Waals surface area contributed by atoms with E-state index < -0.39 is 11.2 Å². The van der Waals surface area contributed by atoms with Crippen LogP contribution in [0.25, 0.3) is 0 Å². The Morgan fingerprint density at radius 2 is 2.16 bits per heavy atom. The van der Waals surface area contributed by atoms with Crippen LogP contribution in [0.2, 0.25) is 5.02 Å². The number of nitrogens with one attached hydrogen (secondary N) is 1. The molecule has 2 rings (SSSR count). The van der Waals surface area contributed by atoms with Crippen LogP contribution < -0.4 is 16.0 Å². The molecule has 0 aliphatic heterocycles. The summed E-state index contributed by atoms with van der Waals surface area (Å²) in [6, 6.07) is 7.37. The first-order valence-electron chi connectivity index (χ1n) is 5.44. The van der Waals surface area contributed by atoms with Crippen molar-refractivity contribution in [1.82, 2.24) is 9.55 Å². The summed E-state index contributed by atoms with van der Waals surface area (Å²) in [6.45, 7) is 0.584. The Morgan fingerprint density at radius 1 is 1.37 bits per heavy atom. The molecule has 0 saturated carbocycles. The number of hydrogen-bond donors (Lipinski definition) is 1. The Balaban J connectivity index is 2.02. The number of halogens is 2. The van der Waals surface area contributed by atoms with Crippen LogP contribution in [0.5, 0.6) is 5.75 Å². The zero-order valence-electron chi connectivity index (χ0n) is 9.73. The van der Waals surface area contributed by atoms with Crippen molar-refractivity contribution in [3.63, 3.8) is 0 Å². The second-order valence-corrected chi connectivity index (χ2v) is 5.06. The first-order chi connectivity index (χ1) is 9.06. The van der Waals surface area contributed by atoms with E-state index in [9.17, 15) is 9.59 Å². The van der Waals surface area contributed by atoms with Gasteiger partial charge >= 0.3 is 5.69 Å². The summed E-state index contributed by atoms with van der Waals surface area (Å²) in [5, 5.41) is -0.0259. The normalized spacial score (nSPS) is 10.4. The van der Waals surface area contributed by atoms with Gasteiger partial charge in [0, 0.05) is 10.7 Å². The summed E-state index contributed by atoms with van der Waals surface area (Å²) in [5.74, 6) is 0.693. The topological polar surface area (TPSA) is 64.1 Å². The average Bonchev–Trinajstić information content (AvgIpc) is 2.35. The molecule has 0 radical (unpaired) electrons. The molecule has 0 bridgehead atoms. The fourth-order valence-electron chi connectivity index (χ4n) is 1.47. The molecule has 0 aliphatic rings. The van der Waals surface area contributed by atoms with E-state index in [2.05, 4.69) is 20.9 Å². The molecule has 1 N–H and O–H groups in total. The largest absolute Gasteiger partial charge is 0.492 e. The van der Waals surface area contributed by atoms with Gasteiger partial charge in [0.2, 0.25) is 0 Å². The highest BCUT2D eigenvalue weighted by molar-refractivity contribution is 9.10. The van der Waals surface area contributed by atoms with Crippen molar-refractivity contribution in [3.8, 4) is 5.75 Å². The first kappa shape index (κ1) is 13.9. The Hall–Kier alpha value is -1.53.